The predicted octanol–water partition coefficient (Wildman–Crippen LogP) is 3.36. The Morgan fingerprint density at radius 2 is 1.83 bits per heavy atom. The first kappa shape index (κ1) is 27.5. The van der Waals surface area contributed by atoms with Crippen LogP contribution in [0.3, 0.4) is 0 Å². The van der Waals surface area contributed by atoms with Gasteiger partial charge >= 0.3 is 0 Å². The Kier molecular flexibility index (Phi) is 7.43. The number of carbonyl (C=O) groups is 1. The Bertz CT molecular complexity index is 1570. The summed E-state index contributed by atoms with van der Waals surface area (Å²) >= 11 is 0. The van der Waals surface area contributed by atoms with Crippen molar-refractivity contribution in [3.8, 4) is 11.5 Å². The molecule has 0 spiro atoms. The van der Waals surface area contributed by atoms with Gasteiger partial charge in [-0.05, 0) is 31.5 Å². The number of pyridine rings is 1. The minimum Gasteiger partial charge on any atom is -0.394 e. The minimum atomic E-state index is -0.565. The van der Waals surface area contributed by atoms with Crippen molar-refractivity contribution in [2.75, 3.05) is 55.0 Å². The summed E-state index contributed by atoms with van der Waals surface area (Å²) in [4.78, 5) is 34.9. The van der Waals surface area contributed by atoms with Gasteiger partial charge in [0.05, 0.1) is 53.9 Å². The quantitative estimate of drug-likeness (QED) is 0.270. The van der Waals surface area contributed by atoms with Crippen molar-refractivity contribution >= 4 is 29.3 Å². The van der Waals surface area contributed by atoms with Crippen LogP contribution in [-0.2, 0) is 10.3 Å². The molecular weight excluding hydrogens is 538 g/mol. The molecule has 218 valence electrons. The van der Waals surface area contributed by atoms with Gasteiger partial charge in [-0.3, -0.25) is 4.79 Å². The largest absolute Gasteiger partial charge is 0.394 e. The molecule has 1 amide bonds. The fourth-order valence-electron chi connectivity index (χ4n) is 5.38. The molecule has 0 unspecified atom stereocenters. The molecule has 1 atom stereocenters. The number of ether oxygens (including phenoxy) is 1. The van der Waals surface area contributed by atoms with E-state index in [9.17, 15) is 9.90 Å². The van der Waals surface area contributed by atoms with Crippen molar-refractivity contribution in [3.05, 3.63) is 65.6 Å². The first-order chi connectivity index (χ1) is 20.4. The van der Waals surface area contributed by atoms with Crippen LogP contribution in [0, 0.1) is 0 Å². The fraction of sp³-hybridized carbons (Fsp3) is 0.379. The maximum atomic E-state index is 12.8. The highest BCUT2D eigenvalue weighted by molar-refractivity contribution is 5.99. The number of carbonyl (C=O) groups excluding carboxylic acids is 1. The average Bonchev–Trinajstić information content (AvgIpc) is 3.57. The summed E-state index contributed by atoms with van der Waals surface area (Å²) in [6.07, 6.45) is 3.18. The number of morpholine rings is 1. The van der Waals surface area contributed by atoms with E-state index in [1.807, 2.05) is 56.0 Å². The van der Waals surface area contributed by atoms with Crippen molar-refractivity contribution < 1.29 is 19.2 Å². The Hall–Kier alpha value is -4.62. The van der Waals surface area contributed by atoms with Gasteiger partial charge in [-0.1, -0.05) is 30.3 Å². The van der Waals surface area contributed by atoms with Gasteiger partial charge in [0, 0.05) is 38.1 Å². The van der Waals surface area contributed by atoms with Crippen LogP contribution < -0.4 is 15.5 Å². The van der Waals surface area contributed by atoms with E-state index in [-0.39, 0.29) is 18.4 Å². The van der Waals surface area contributed by atoms with E-state index in [0.717, 1.165) is 5.56 Å². The molecule has 0 radical (unpaired) electrons. The van der Waals surface area contributed by atoms with Crippen LogP contribution in [0.15, 0.2) is 53.3 Å². The number of anilines is 4. The lowest BCUT2D eigenvalue weighted by Crippen LogP contribution is -2.39. The maximum Gasteiger partial charge on any atom is 0.266 e. The first-order valence-corrected chi connectivity index (χ1v) is 13.9. The summed E-state index contributed by atoms with van der Waals surface area (Å²) in [5, 5.41) is 21.0. The van der Waals surface area contributed by atoms with Crippen LogP contribution in [0.25, 0.3) is 11.5 Å². The Morgan fingerprint density at radius 1 is 1.07 bits per heavy atom. The Labute approximate surface area is 243 Å². The van der Waals surface area contributed by atoms with E-state index < -0.39 is 11.6 Å². The molecule has 1 fully saturated rings. The lowest BCUT2D eigenvalue weighted by Gasteiger charge is -2.30. The zero-order valence-electron chi connectivity index (χ0n) is 23.7. The number of nitrogens with zero attached hydrogens (tertiary/aromatic N) is 7. The highest BCUT2D eigenvalue weighted by atomic mass is 16.5. The number of amides is 1. The molecule has 3 N–H and O–H groups in total. The minimum absolute atomic E-state index is 0.0787. The molecule has 3 aromatic heterocycles. The monoisotopic (exact) mass is 571 g/mol. The molecule has 6 rings (SSSR count). The van der Waals surface area contributed by atoms with Crippen molar-refractivity contribution in [2.24, 2.45) is 0 Å². The number of nitrogens with one attached hydrogen (secondary N) is 2. The standard InChI is InChI=1S/C29H33N9O4/c1-4-38-26(40)20-16-31-27(34-24(20)29(38,2)3)33-23-14-21(32-22(17-39)18-8-6-5-7-9-18)19(15-30-23)25-35-28(36-42-25)37-10-12-41-13-11-37/h5-9,14-16,22,39H,4,10-13,17H2,1-3H3,(H2,30,31,32,33,34)/t22-/m1/s1. The second-order valence-corrected chi connectivity index (χ2v) is 10.6. The third-order valence-electron chi connectivity index (χ3n) is 7.63. The average molecular weight is 572 g/mol. The molecule has 1 aromatic carbocycles. The van der Waals surface area contributed by atoms with Crippen LogP contribution in [-0.4, -0.2) is 80.5 Å². The van der Waals surface area contributed by atoms with Gasteiger partial charge in [0.1, 0.15) is 5.82 Å². The van der Waals surface area contributed by atoms with Crippen molar-refractivity contribution in [1.29, 1.82) is 0 Å². The number of aliphatic hydroxyl groups excluding tert-OH is 1. The Balaban J connectivity index is 1.33. The smallest absolute Gasteiger partial charge is 0.266 e. The highest BCUT2D eigenvalue weighted by Crippen LogP contribution is 2.38. The fourth-order valence-corrected chi connectivity index (χ4v) is 5.38. The molecule has 0 saturated carbocycles. The second kappa shape index (κ2) is 11.3. The molecule has 42 heavy (non-hydrogen) atoms. The van der Waals surface area contributed by atoms with E-state index in [2.05, 4.69) is 30.7 Å². The molecule has 4 aromatic rings. The van der Waals surface area contributed by atoms with Crippen molar-refractivity contribution in [3.63, 3.8) is 0 Å². The molecule has 13 heteroatoms. The van der Waals surface area contributed by atoms with Crippen LogP contribution in [0.1, 0.15) is 48.4 Å². The normalized spacial score (nSPS) is 16.8. The lowest BCUT2D eigenvalue weighted by atomic mass is 10.0. The number of rotatable bonds is 9. The molecule has 0 aliphatic carbocycles. The number of hydrogen-bond donors (Lipinski definition) is 3. The van der Waals surface area contributed by atoms with Gasteiger partial charge < -0.3 is 34.8 Å². The van der Waals surface area contributed by atoms with Gasteiger partial charge in [-0.2, -0.15) is 4.98 Å². The topological polar surface area (TPSA) is 155 Å². The summed E-state index contributed by atoms with van der Waals surface area (Å²) in [6, 6.07) is 11.0. The van der Waals surface area contributed by atoms with Crippen LogP contribution in [0.2, 0.25) is 0 Å². The van der Waals surface area contributed by atoms with E-state index in [4.69, 9.17) is 14.2 Å². The van der Waals surface area contributed by atoms with E-state index in [1.54, 1.807) is 23.4 Å². The van der Waals surface area contributed by atoms with E-state index >= 15 is 0 Å². The van der Waals surface area contributed by atoms with Gasteiger partial charge in [0.25, 0.3) is 17.7 Å². The summed E-state index contributed by atoms with van der Waals surface area (Å²) in [6.45, 7) is 8.85. The maximum absolute atomic E-state index is 12.8. The number of fused-ring (bicyclic) bond motifs is 1. The molecule has 0 bridgehead atoms. The zero-order chi connectivity index (χ0) is 29.3. The molecule has 2 aliphatic rings. The lowest BCUT2D eigenvalue weighted by molar-refractivity contribution is 0.0631. The SMILES string of the molecule is CCN1C(=O)c2cnc(Nc3cc(N[C@H](CO)c4ccccc4)c(-c4nc(N5CCOCC5)no4)cn3)nc2C1(C)C. The number of aliphatic hydroxyl groups is 1. The van der Waals surface area contributed by atoms with Gasteiger partial charge in [-0.15, -0.1) is 0 Å². The van der Waals surface area contributed by atoms with Gasteiger partial charge in [-0.25, -0.2) is 15.0 Å². The highest BCUT2D eigenvalue weighted by Gasteiger charge is 2.44. The molecule has 2 aliphatic heterocycles. The van der Waals surface area contributed by atoms with Crippen molar-refractivity contribution in [1.82, 2.24) is 30.0 Å². The molecule has 13 nitrogen and oxygen atoms in total. The Morgan fingerprint density at radius 3 is 2.57 bits per heavy atom. The van der Waals surface area contributed by atoms with Crippen LogP contribution in [0.4, 0.5) is 23.4 Å². The second-order valence-electron chi connectivity index (χ2n) is 10.6. The predicted molar refractivity (Wildman–Crippen MR) is 156 cm³/mol. The summed E-state index contributed by atoms with van der Waals surface area (Å²) in [7, 11) is 0. The molecular formula is C29H33N9O4. The zero-order valence-corrected chi connectivity index (χ0v) is 23.7. The summed E-state index contributed by atoms with van der Waals surface area (Å²) in [5.74, 6) is 1.45. The number of aromatic nitrogens is 5. The third kappa shape index (κ3) is 5.12. The van der Waals surface area contributed by atoms with E-state index in [0.29, 0.717) is 73.1 Å². The first-order valence-electron chi connectivity index (χ1n) is 13.9. The summed E-state index contributed by atoms with van der Waals surface area (Å²) < 4.78 is 11.1. The molecule has 1 saturated heterocycles. The van der Waals surface area contributed by atoms with Gasteiger partial charge in [0.2, 0.25) is 5.95 Å². The van der Waals surface area contributed by atoms with Crippen molar-refractivity contribution in [2.45, 2.75) is 32.4 Å². The van der Waals surface area contributed by atoms with Crippen LogP contribution >= 0.6 is 0 Å². The number of benzene rings is 1. The van der Waals surface area contributed by atoms with Gasteiger partial charge in [0.15, 0.2) is 0 Å². The number of hydrogen-bond acceptors (Lipinski definition) is 12. The van der Waals surface area contributed by atoms with Crippen LogP contribution in [0.5, 0.6) is 0 Å². The van der Waals surface area contributed by atoms with E-state index in [1.165, 1.54) is 0 Å². The third-order valence-corrected chi connectivity index (χ3v) is 7.63. The molecule has 5 heterocycles. The summed E-state index contributed by atoms with van der Waals surface area (Å²) in [5.41, 5.74) is 2.69.